The monoisotopic (exact) mass is 363 g/mol. The highest BCUT2D eigenvalue weighted by molar-refractivity contribution is 7.14. The second-order valence-electron chi connectivity index (χ2n) is 5.65. The Morgan fingerprint density at radius 1 is 1.32 bits per heavy atom. The Balaban J connectivity index is 2.00. The van der Waals surface area contributed by atoms with Crippen LogP contribution in [0.25, 0.3) is 0 Å². The first-order valence-corrected chi connectivity index (χ1v) is 8.81. The zero-order valence-corrected chi connectivity index (χ0v) is 15.5. The number of nitrogens with zero attached hydrogens (tertiary/aromatic N) is 2. The molecule has 8 heteroatoms. The van der Waals surface area contributed by atoms with Crippen LogP contribution < -0.4 is 5.32 Å². The molecule has 0 unspecified atom stereocenters. The number of ether oxygens (including phenoxy) is 1. The van der Waals surface area contributed by atoms with E-state index in [4.69, 9.17) is 4.74 Å². The zero-order chi connectivity index (χ0) is 18.6. The van der Waals surface area contributed by atoms with E-state index in [1.807, 2.05) is 19.9 Å². The number of ketones is 1. The fraction of sp³-hybridized carbons (Fsp3) is 0.412. The molecule has 0 aromatic carbocycles. The van der Waals surface area contributed by atoms with Crippen molar-refractivity contribution in [3.8, 4) is 0 Å². The van der Waals surface area contributed by atoms with E-state index in [9.17, 15) is 14.4 Å². The Kier molecular flexibility index (Phi) is 6.08. The van der Waals surface area contributed by atoms with E-state index in [0.717, 1.165) is 35.7 Å². The van der Waals surface area contributed by atoms with Gasteiger partial charge in [-0.05, 0) is 26.3 Å². The minimum Gasteiger partial charge on any atom is -0.453 e. The van der Waals surface area contributed by atoms with Gasteiger partial charge in [0, 0.05) is 35.8 Å². The average Bonchev–Trinajstić information content (AvgIpc) is 3.11. The topological polar surface area (TPSA) is 90.3 Å². The van der Waals surface area contributed by atoms with Crippen molar-refractivity contribution >= 4 is 34.1 Å². The van der Waals surface area contributed by atoms with Crippen molar-refractivity contribution in [1.82, 2.24) is 9.55 Å². The molecule has 0 spiro atoms. The maximum atomic E-state index is 12.4. The Morgan fingerprint density at radius 2 is 2.04 bits per heavy atom. The molecule has 0 atom stereocenters. The van der Waals surface area contributed by atoms with E-state index in [2.05, 4.69) is 21.8 Å². The molecule has 7 nitrogen and oxygen atoms in total. The number of carbonyl (C=O) groups is 3. The van der Waals surface area contributed by atoms with Crippen LogP contribution in [0.3, 0.4) is 0 Å². The van der Waals surface area contributed by atoms with E-state index in [1.54, 1.807) is 0 Å². The lowest BCUT2D eigenvalue weighted by Crippen LogP contribution is -2.15. The van der Waals surface area contributed by atoms with E-state index < -0.39 is 5.97 Å². The van der Waals surface area contributed by atoms with Crippen LogP contribution in [-0.4, -0.2) is 33.8 Å². The fourth-order valence-electron chi connectivity index (χ4n) is 2.51. The van der Waals surface area contributed by atoms with E-state index >= 15 is 0 Å². The molecule has 2 heterocycles. The molecule has 0 aliphatic rings. The van der Waals surface area contributed by atoms with Crippen molar-refractivity contribution in [2.45, 2.75) is 40.7 Å². The van der Waals surface area contributed by atoms with Crippen molar-refractivity contribution < 1.29 is 19.1 Å². The molecule has 1 amide bonds. The largest absolute Gasteiger partial charge is 0.453 e. The predicted molar refractivity (Wildman–Crippen MR) is 95.2 cm³/mol. The zero-order valence-electron chi connectivity index (χ0n) is 14.7. The molecular weight excluding hydrogens is 342 g/mol. The second kappa shape index (κ2) is 8.06. The molecular formula is C17H21N3O4S. The number of Topliss-reactive ketones (excluding diaryl/α,β-unsaturated/α-hetero) is 1. The van der Waals surface area contributed by atoms with Crippen LogP contribution >= 0.6 is 11.3 Å². The van der Waals surface area contributed by atoms with Crippen molar-refractivity contribution in [1.29, 1.82) is 0 Å². The number of esters is 1. The fourth-order valence-corrected chi connectivity index (χ4v) is 3.24. The summed E-state index contributed by atoms with van der Waals surface area (Å²) < 4.78 is 7.14. The molecule has 0 aliphatic carbocycles. The van der Waals surface area contributed by atoms with Gasteiger partial charge >= 0.3 is 5.97 Å². The number of anilines is 1. The number of aryl methyl sites for hydroxylation is 1. The van der Waals surface area contributed by atoms with E-state index in [-0.39, 0.29) is 24.0 Å². The first-order chi connectivity index (χ1) is 11.8. The van der Waals surface area contributed by atoms with Crippen LogP contribution in [0.4, 0.5) is 5.13 Å². The van der Waals surface area contributed by atoms with Gasteiger partial charge in [-0.15, -0.1) is 11.3 Å². The molecule has 1 N–H and O–H groups in total. The highest BCUT2D eigenvalue weighted by Crippen LogP contribution is 2.18. The number of hydrogen-bond donors (Lipinski definition) is 1. The molecule has 0 fully saturated rings. The molecule has 0 saturated carbocycles. The SMILES string of the molecule is CCCn1c(C)cc(C(=O)COC(=O)c2csc(NC(C)=O)n2)c1C. The Morgan fingerprint density at radius 3 is 2.68 bits per heavy atom. The number of thiazole rings is 1. The summed E-state index contributed by atoms with van der Waals surface area (Å²) in [5.74, 6) is -1.21. The maximum absolute atomic E-state index is 12.4. The van der Waals surface area contributed by atoms with Crippen LogP contribution in [0, 0.1) is 13.8 Å². The summed E-state index contributed by atoms with van der Waals surface area (Å²) in [7, 11) is 0. The number of rotatable bonds is 7. The molecule has 2 aromatic heterocycles. The lowest BCUT2D eigenvalue weighted by molar-refractivity contribution is -0.114. The number of hydrogen-bond acceptors (Lipinski definition) is 6. The number of aromatic nitrogens is 2. The minimum atomic E-state index is -0.691. The summed E-state index contributed by atoms with van der Waals surface area (Å²) in [4.78, 5) is 39.3. The van der Waals surface area contributed by atoms with Gasteiger partial charge < -0.3 is 14.6 Å². The Hall–Kier alpha value is -2.48. The van der Waals surface area contributed by atoms with Crippen LogP contribution in [0.1, 0.15) is 52.5 Å². The number of carbonyl (C=O) groups excluding carboxylic acids is 3. The normalized spacial score (nSPS) is 10.6. The van der Waals surface area contributed by atoms with Gasteiger partial charge in [0.1, 0.15) is 0 Å². The molecule has 0 aliphatic heterocycles. The van der Waals surface area contributed by atoms with Crippen molar-refractivity contribution in [2.75, 3.05) is 11.9 Å². The van der Waals surface area contributed by atoms with Crippen molar-refractivity contribution in [3.05, 3.63) is 34.1 Å². The molecule has 0 radical (unpaired) electrons. The highest BCUT2D eigenvalue weighted by Gasteiger charge is 2.19. The Bertz CT molecular complexity index is 807. The third-order valence-corrected chi connectivity index (χ3v) is 4.41. The van der Waals surface area contributed by atoms with Gasteiger partial charge in [0.25, 0.3) is 0 Å². The van der Waals surface area contributed by atoms with Crippen LogP contribution in [-0.2, 0) is 16.1 Å². The van der Waals surface area contributed by atoms with Crippen molar-refractivity contribution in [3.63, 3.8) is 0 Å². The van der Waals surface area contributed by atoms with Gasteiger partial charge in [-0.1, -0.05) is 6.92 Å². The lowest BCUT2D eigenvalue weighted by Gasteiger charge is -2.07. The Labute approximate surface area is 150 Å². The molecule has 2 rings (SSSR count). The molecule has 0 saturated heterocycles. The van der Waals surface area contributed by atoms with Gasteiger partial charge in [-0.3, -0.25) is 9.59 Å². The third kappa shape index (κ3) is 4.54. The van der Waals surface area contributed by atoms with Gasteiger partial charge in [0.05, 0.1) is 0 Å². The summed E-state index contributed by atoms with van der Waals surface area (Å²) in [6, 6.07) is 1.82. The van der Waals surface area contributed by atoms with Gasteiger partial charge in [-0.25, -0.2) is 9.78 Å². The second-order valence-corrected chi connectivity index (χ2v) is 6.51. The highest BCUT2D eigenvalue weighted by atomic mass is 32.1. The molecule has 134 valence electrons. The molecule has 25 heavy (non-hydrogen) atoms. The first-order valence-electron chi connectivity index (χ1n) is 7.93. The quantitative estimate of drug-likeness (QED) is 0.603. The van der Waals surface area contributed by atoms with Gasteiger partial charge in [0.15, 0.2) is 17.4 Å². The average molecular weight is 363 g/mol. The van der Waals surface area contributed by atoms with Gasteiger partial charge in [-0.2, -0.15) is 0 Å². The molecule has 0 bridgehead atoms. The minimum absolute atomic E-state index is 0.0676. The lowest BCUT2D eigenvalue weighted by atomic mass is 10.1. The summed E-state index contributed by atoms with van der Waals surface area (Å²) in [6.07, 6.45) is 0.972. The standard InChI is InChI=1S/C17H21N3O4S/c1-5-6-20-10(2)7-13(11(20)3)15(22)8-24-16(23)14-9-25-17(19-14)18-12(4)21/h7,9H,5-6,8H2,1-4H3,(H,18,19,21). The van der Waals surface area contributed by atoms with Crippen molar-refractivity contribution in [2.24, 2.45) is 0 Å². The predicted octanol–water partition coefficient (Wildman–Crippen LogP) is 2.97. The van der Waals surface area contributed by atoms with Crippen LogP contribution in [0.2, 0.25) is 0 Å². The summed E-state index contributed by atoms with van der Waals surface area (Å²) >= 11 is 1.12. The van der Waals surface area contributed by atoms with Crippen LogP contribution in [0.15, 0.2) is 11.4 Å². The summed E-state index contributed by atoms with van der Waals surface area (Å²) in [6.45, 7) is 7.76. The van der Waals surface area contributed by atoms with E-state index in [1.165, 1.54) is 12.3 Å². The van der Waals surface area contributed by atoms with Crippen LogP contribution in [0.5, 0.6) is 0 Å². The third-order valence-electron chi connectivity index (χ3n) is 3.65. The number of nitrogens with one attached hydrogen (secondary N) is 1. The maximum Gasteiger partial charge on any atom is 0.358 e. The van der Waals surface area contributed by atoms with Gasteiger partial charge in [0.2, 0.25) is 11.7 Å². The smallest absolute Gasteiger partial charge is 0.358 e. The summed E-state index contributed by atoms with van der Waals surface area (Å²) in [5, 5.41) is 4.28. The first kappa shape index (κ1) is 18.9. The molecule has 2 aromatic rings. The van der Waals surface area contributed by atoms with E-state index in [0.29, 0.717) is 10.7 Å². The number of amides is 1. The summed E-state index contributed by atoms with van der Waals surface area (Å²) in [5.41, 5.74) is 2.52.